The zero-order valence-electron chi connectivity index (χ0n) is 14.9. The predicted molar refractivity (Wildman–Crippen MR) is 101 cm³/mol. The Morgan fingerprint density at radius 3 is 2.34 bits per heavy atom. The first kappa shape index (κ1) is 18.1. The first-order chi connectivity index (χ1) is 13.8. The third-order valence-corrected chi connectivity index (χ3v) is 4.71. The molecule has 0 aromatic heterocycles. The zero-order chi connectivity index (χ0) is 20.9. The molecule has 0 unspecified atom stereocenters. The Bertz CT molecular complexity index is 1230. The third kappa shape index (κ3) is 2.59. The van der Waals surface area contributed by atoms with Gasteiger partial charge in [0.05, 0.1) is 34.2 Å². The Morgan fingerprint density at radius 1 is 1.07 bits per heavy atom. The number of phenolic OH excluding ortho intramolecular Hbond substituents is 1. The molecule has 2 amide bonds. The second kappa shape index (κ2) is 6.41. The van der Waals surface area contributed by atoms with Crippen LogP contribution in [0.25, 0.3) is 10.8 Å². The number of imide groups is 1. The number of carbonyl (C=O) groups excluding carboxylic acids is 3. The molecule has 0 spiro atoms. The maximum absolute atomic E-state index is 13.1. The quantitative estimate of drug-likeness (QED) is 0.314. The van der Waals surface area contributed by atoms with Crippen LogP contribution in [-0.4, -0.2) is 34.9 Å². The van der Waals surface area contributed by atoms with E-state index in [0.29, 0.717) is 0 Å². The number of amides is 2. The highest BCUT2D eigenvalue weighted by Gasteiger charge is 2.37. The van der Waals surface area contributed by atoms with E-state index in [1.807, 2.05) is 0 Å². The van der Waals surface area contributed by atoms with Gasteiger partial charge in [0.1, 0.15) is 0 Å². The molecule has 0 atom stereocenters. The van der Waals surface area contributed by atoms with E-state index >= 15 is 0 Å². The Balaban J connectivity index is 1.91. The number of nitro groups is 1. The average Bonchev–Trinajstić information content (AvgIpc) is 2.71. The minimum Gasteiger partial charge on any atom is -0.502 e. The summed E-state index contributed by atoms with van der Waals surface area (Å²) in [6.45, 7) is 0. The summed E-state index contributed by atoms with van der Waals surface area (Å²) >= 11 is 0. The number of rotatable bonds is 3. The van der Waals surface area contributed by atoms with Crippen molar-refractivity contribution in [3.63, 3.8) is 0 Å². The van der Waals surface area contributed by atoms with Gasteiger partial charge in [-0.3, -0.25) is 19.7 Å². The molecule has 144 valence electrons. The number of aromatic hydroxyl groups is 1. The molecule has 29 heavy (non-hydrogen) atoms. The minimum absolute atomic E-state index is 0.00453. The number of hydrogen-bond donors (Lipinski definition) is 1. The van der Waals surface area contributed by atoms with E-state index in [2.05, 4.69) is 4.74 Å². The van der Waals surface area contributed by atoms with Crippen molar-refractivity contribution in [2.75, 3.05) is 12.0 Å². The molecular weight excluding hydrogens is 380 g/mol. The van der Waals surface area contributed by atoms with Gasteiger partial charge in [0.25, 0.3) is 11.8 Å². The van der Waals surface area contributed by atoms with Crippen LogP contribution in [0.1, 0.15) is 31.1 Å². The lowest BCUT2D eigenvalue weighted by Gasteiger charge is -2.27. The molecule has 0 radical (unpaired) electrons. The predicted octanol–water partition coefficient (Wildman–Crippen LogP) is 3.04. The summed E-state index contributed by atoms with van der Waals surface area (Å²) in [4.78, 5) is 49.2. The molecule has 0 fully saturated rings. The Hall–Kier alpha value is -4.27. The van der Waals surface area contributed by atoms with Gasteiger partial charge in [0, 0.05) is 17.0 Å². The fraction of sp³-hybridized carbons (Fsp3) is 0.0500. The van der Waals surface area contributed by atoms with Gasteiger partial charge in [-0.15, -0.1) is 0 Å². The smallest absolute Gasteiger partial charge is 0.337 e. The van der Waals surface area contributed by atoms with Gasteiger partial charge >= 0.3 is 11.7 Å². The molecule has 3 aromatic carbocycles. The summed E-state index contributed by atoms with van der Waals surface area (Å²) in [5.41, 5.74) is -0.0632. The van der Waals surface area contributed by atoms with Gasteiger partial charge in [-0.2, -0.15) is 0 Å². The SMILES string of the molecule is COC(=O)c1ccc(N2C(=O)c3cccc4c([N+](=O)[O-])c(O)cc(c34)C2=O)cc1. The lowest BCUT2D eigenvalue weighted by molar-refractivity contribution is -0.384. The first-order valence-corrected chi connectivity index (χ1v) is 8.35. The summed E-state index contributed by atoms with van der Waals surface area (Å²) in [6, 6.07) is 10.9. The molecule has 0 saturated carbocycles. The average molecular weight is 392 g/mol. The van der Waals surface area contributed by atoms with E-state index in [0.717, 1.165) is 11.0 Å². The monoisotopic (exact) mass is 392 g/mol. The molecule has 0 aliphatic carbocycles. The van der Waals surface area contributed by atoms with E-state index in [9.17, 15) is 29.6 Å². The number of phenols is 1. The fourth-order valence-electron chi connectivity index (χ4n) is 3.43. The topological polar surface area (TPSA) is 127 Å². The third-order valence-electron chi connectivity index (χ3n) is 4.71. The highest BCUT2D eigenvalue weighted by Crippen LogP contribution is 2.41. The summed E-state index contributed by atoms with van der Waals surface area (Å²) < 4.78 is 4.62. The standard InChI is InChI=1S/C20H12N2O7/c1-29-20(26)10-5-7-11(8-6-10)21-18(24)13-4-2-3-12-16(13)14(19(21)25)9-15(23)17(12)22(27)28/h2-9,23H,1H3. The maximum atomic E-state index is 13.1. The van der Waals surface area contributed by atoms with Crippen LogP contribution < -0.4 is 4.90 Å². The molecule has 9 heteroatoms. The normalized spacial score (nSPS) is 12.9. The Kier molecular flexibility index (Phi) is 4.00. The van der Waals surface area contributed by atoms with Crippen LogP contribution >= 0.6 is 0 Å². The summed E-state index contributed by atoms with van der Waals surface area (Å²) in [5, 5.41) is 21.6. The lowest BCUT2D eigenvalue weighted by Crippen LogP contribution is -2.40. The molecule has 0 saturated heterocycles. The van der Waals surface area contributed by atoms with Crippen molar-refractivity contribution in [3.05, 3.63) is 75.3 Å². The number of ether oxygens (including phenoxy) is 1. The summed E-state index contributed by atoms with van der Waals surface area (Å²) in [5.74, 6) is -2.65. The number of benzene rings is 3. The lowest BCUT2D eigenvalue weighted by atomic mass is 9.92. The molecule has 3 aromatic rings. The molecular formula is C20H12N2O7. The zero-order valence-corrected chi connectivity index (χ0v) is 14.9. The van der Waals surface area contributed by atoms with Crippen LogP contribution in [0.3, 0.4) is 0 Å². The molecule has 0 bridgehead atoms. The first-order valence-electron chi connectivity index (χ1n) is 8.35. The highest BCUT2D eigenvalue weighted by atomic mass is 16.6. The van der Waals surface area contributed by atoms with Gasteiger partial charge < -0.3 is 9.84 Å². The van der Waals surface area contributed by atoms with E-state index in [4.69, 9.17) is 0 Å². The minimum atomic E-state index is -0.759. The Labute approximate surface area is 162 Å². The number of hydrogen-bond acceptors (Lipinski definition) is 7. The highest BCUT2D eigenvalue weighted by molar-refractivity contribution is 6.36. The number of methoxy groups -OCH3 is 1. The van der Waals surface area contributed by atoms with Gasteiger partial charge in [0.15, 0.2) is 5.75 Å². The number of esters is 1. The van der Waals surface area contributed by atoms with Gasteiger partial charge in [-0.25, -0.2) is 9.69 Å². The molecule has 1 aliphatic rings. The van der Waals surface area contributed by atoms with Crippen LogP contribution in [0.5, 0.6) is 5.75 Å². The van der Waals surface area contributed by atoms with E-state index in [1.54, 1.807) is 0 Å². The number of anilines is 1. The molecule has 4 rings (SSSR count). The van der Waals surface area contributed by atoms with Gasteiger partial charge in [-0.05, 0) is 36.4 Å². The van der Waals surface area contributed by atoms with Crippen molar-refractivity contribution in [1.29, 1.82) is 0 Å². The van der Waals surface area contributed by atoms with E-state index < -0.39 is 34.1 Å². The Morgan fingerprint density at radius 2 is 1.72 bits per heavy atom. The molecule has 1 N–H and O–H groups in total. The number of carbonyl (C=O) groups is 3. The maximum Gasteiger partial charge on any atom is 0.337 e. The van der Waals surface area contributed by atoms with Crippen molar-refractivity contribution in [2.45, 2.75) is 0 Å². The van der Waals surface area contributed by atoms with E-state index in [1.165, 1.54) is 49.6 Å². The van der Waals surface area contributed by atoms with Crippen molar-refractivity contribution < 1.29 is 29.2 Å². The van der Waals surface area contributed by atoms with Gasteiger partial charge in [0.2, 0.25) is 0 Å². The van der Waals surface area contributed by atoms with Crippen molar-refractivity contribution in [2.24, 2.45) is 0 Å². The van der Waals surface area contributed by atoms with E-state index in [-0.39, 0.29) is 33.2 Å². The second-order valence-corrected chi connectivity index (χ2v) is 6.26. The van der Waals surface area contributed by atoms with Crippen LogP contribution in [0.4, 0.5) is 11.4 Å². The molecule has 1 heterocycles. The van der Waals surface area contributed by atoms with Crippen LogP contribution in [0.2, 0.25) is 0 Å². The van der Waals surface area contributed by atoms with Crippen LogP contribution in [-0.2, 0) is 4.74 Å². The molecule has 1 aliphatic heterocycles. The number of nitro benzene ring substituents is 1. The van der Waals surface area contributed by atoms with Gasteiger partial charge in [-0.1, -0.05) is 6.07 Å². The van der Waals surface area contributed by atoms with Crippen LogP contribution in [0, 0.1) is 10.1 Å². The number of nitrogens with zero attached hydrogens (tertiary/aromatic N) is 2. The van der Waals surface area contributed by atoms with Crippen molar-refractivity contribution in [3.8, 4) is 5.75 Å². The summed E-state index contributed by atoms with van der Waals surface area (Å²) in [6.07, 6.45) is 0. The molecule has 9 nitrogen and oxygen atoms in total. The van der Waals surface area contributed by atoms with Crippen molar-refractivity contribution >= 4 is 39.9 Å². The van der Waals surface area contributed by atoms with Crippen LogP contribution in [0.15, 0.2) is 48.5 Å². The second-order valence-electron chi connectivity index (χ2n) is 6.26. The fourth-order valence-corrected chi connectivity index (χ4v) is 3.43. The van der Waals surface area contributed by atoms with Crippen molar-refractivity contribution in [1.82, 2.24) is 0 Å². The summed E-state index contributed by atoms with van der Waals surface area (Å²) in [7, 11) is 1.23. The largest absolute Gasteiger partial charge is 0.502 e.